The van der Waals surface area contributed by atoms with Gasteiger partial charge in [-0.25, -0.2) is 0 Å². The number of benzene rings is 1. The molecule has 1 rings (SSSR count). The Labute approximate surface area is 93.9 Å². The lowest BCUT2D eigenvalue weighted by atomic mass is 9.91. The molecule has 0 spiro atoms. The van der Waals surface area contributed by atoms with Gasteiger partial charge in [-0.15, -0.1) is 0 Å². The topological polar surface area (TPSA) is 12.0 Å². The summed E-state index contributed by atoms with van der Waals surface area (Å²) in [5.41, 5.74) is 4.30. The Kier molecular flexibility index (Phi) is 4.83. The first kappa shape index (κ1) is 12.3. The van der Waals surface area contributed by atoms with Crippen molar-refractivity contribution in [3.63, 3.8) is 0 Å². The van der Waals surface area contributed by atoms with Crippen LogP contribution in [0.4, 0.5) is 0 Å². The Bertz CT molecular complexity index is 304. The first-order chi connectivity index (χ1) is 7.19. The minimum atomic E-state index is 0.705. The van der Waals surface area contributed by atoms with Gasteiger partial charge >= 0.3 is 0 Å². The summed E-state index contributed by atoms with van der Waals surface area (Å²) < 4.78 is 0. The molecule has 1 N–H and O–H groups in total. The maximum atomic E-state index is 3.23. The van der Waals surface area contributed by atoms with Crippen molar-refractivity contribution in [2.24, 2.45) is 0 Å². The molecule has 0 aliphatic rings. The SMILES string of the molecule is CCC(CCNC)c1ccc(C)c(C)c1. The zero-order valence-electron chi connectivity index (χ0n) is 10.4. The van der Waals surface area contributed by atoms with Crippen molar-refractivity contribution < 1.29 is 0 Å². The van der Waals surface area contributed by atoms with Gasteiger partial charge in [0, 0.05) is 0 Å². The van der Waals surface area contributed by atoms with Gasteiger partial charge in [-0.2, -0.15) is 0 Å². The van der Waals surface area contributed by atoms with E-state index in [-0.39, 0.29) is 0 Å². The molecule has 0 saturated heterocycles. The lowest BCUT2D eigenvalue weighted by Gasteiger charge is -2.16. The minimum absolute atomic E-state index is 0.705. The van der Waals surface area contributed by atoms with E-state index in [1.54, 1.807) is 0 Å². The lowest BCUT2D eigenvalue weighted by molar-refractivity contribution is 0.581. The fraction of sp³-hybridized carbons (Fsp3) is 0.571. The highest BCUT2D eigenvalue weighted by Gasteiger charge is 2.09. The highest BCUT2D eigenvalue weighted by molar-refractivity contribution is 5.31. The Morgan fingerprint density at radius 2 is 1.93 bits per heavy atom. The van der Waals surface area contributed by atoms with E-state index in [0.29, 0.717) is 5.92 Å². The molecule has 0 fully saturated rings. The van der Waals surface area contributed by atoms with Crippen LogP contribution in [0.2, 0.25) is 0 Å². The smallest absolute Gasteiger partial charge is 0.00461 e. The Balaban J connectivity index is 2.78. The van der Waals surface area contributed by atoms with Crippen LogP contribution in [0.15, 0.2) is 18.2 Å². The third-order valence-corrected chi connectivity index (χ3v) is 3.24. The van der Waals surface area contributed by atoms with Gasteiger partial charge in [-0.05, 0) is 62.9 Å². The molecule has 0 amide bonds. The van der Waals surface area contributed by atoms with E-state index < -0.39 is 0 Å². The van der Waals surface area contributed by atoms with Crippen molar-refractivity contribution in [2.75, 3.05) is 13.6 Å². The van der Waals surface area contributed by atoms with Crippen molar-refractivity contribution in [1.29, 1.82) is 0 Å². The summed E-state index contributed by atoms with van der Waals surface area (Å²) in [6, 6.07) is 6.87. The predicted octanol–water partition coefficient (Wildman–Crippen LogP) is 3.41. The maximum absolute atomic E-state index is 3.23. The second-order valence-electron chi connectivity index (χ2n) is 4.34. The van der Waals surface area contributed by atoms with Crippen LogP contribution in [-0.4, -0.2) is 13.6 Å². The molecule has 0 saturated carbocycles. The van der Waals surface area contributed by atoms with Crippen LogP contribution in [-0.2, 0) is 0 Å². The molecular formula is C14H23N. The van der Waals surface area contributed by atoms with E-state index in [1.165, 1.54) is 29.5 Å². The predicted molar refractivity (Wildman–Crippen MR) is 67.5 cm³/mol. The average molecular weight is 205 g/mol. The maximum Gasteiger partial charge on any atom is -0.00461 e. The normalized spacial score (nSPS) is 12.8. The van der Waals surface area contributed by atoms with E-state index in [2.05, 4.69) is 44.3 Å². The summed E-state index contributed by atoms with van der Waals surface area (Å²) in [7, 11) is 2.02. The van der Waals surface area contributed by atoms with Gasteiger partial charge in [-0.3, -0.25) is 0 Å². The lowest BCUT2D eigenvalue weighted by Crippen LogP contribution is -2.12. The van der Waals surface area contributed by atoms with E-state index in [4.69, 9.17) is 0 Å². The van der Waals surface area contributed by atoms with Gasteiger partial charge in [0.1, 0.15) is 0 Å². The fourth-order valence-electron chi connectivity index (χ4n) is 1.94. The van der Waals surface area contributed by atoms with E-state index in [1.807, 2.05) is 7.05 Å². The summed E-state index contributed by atoms with van der Waals surface area (Å²) in [6.07, 6.45) is 2.46. The Morgan fingerprint density at radius 1 is 1.20 bits per heavy atom. The molecule has 0 aliphatic heterocycles. The van der Waals surface area contributed by atoms with Crippen molar-refractivity contribution in [3.8, 4) is 0 Å². The number of hydrogen-bond donors (Lipinski definition) is 1. The van der Waals surface area contributed by atoms with Crippen LogP contribution < -0.4 is 5.32 Å². The second-order valence-corrected chi connectivity index (χ2v) is 4.34. The summed E-state index contributed by atoms with van der Waals surface area (Å²) in [5, 5.41) is 3.23. The van der Waals surface area contributed by atoms with Crippen LogP contribution in [0.3, 0.4) is 0 Å². The summed E-state index contributed by atoms with van der Waals surface area (Å²) in [4.78, 5) is 0. The van der Waals surface area contributed by atoms with Gasteiger partial charge in [0.25, 0.3) is 0 Å². The molecule has 1 aromatic carbocycles. The van der Waals surface area contributed by atoms with Gasteiger partial charge in [0.2, 0.25) is 0 Å². The molecule has 0 aliphatic carbocycles. The van der Waals surface area contributed by atoms with Crippen LogP contribution in [0.25, 0.3) is 0 Å². The average Bonchev–Trinajstić information content (AvgIpc) is 2.24. The molecule has 1 aromatic rings. The monoisotopic (exact) mass is 205 g/mol. The van der Waals surface area contributed by atoms with E-state index >= 15 is 0 Å². The van der Waals surface area contributed by atoms with E-state index in [9.17, 15) is 0 Å². The largest absolute Gasteiger partial charge is 0.320 e. The van der Waals surface area contributed by atoms with Crippen LogP contribution in [0, 0.1) is 13.8 Å². The van der Waals surface area contributed by atoms with Crippen LogP contribution in [0.1, 0.15) is 42.4 Å². The van der Waals surface area contributed by atoms with Crippen molar-refractivity contribution in [1.82, 2.24) is 5.32 Å². The van der Waals surface area contributed by atoms with E-state index in [0.717, 1.165) is 6.54 Å². The summed E-state index contributed by atoms with van der Waals surface area (Å²) in [5.74, 6) is 0.705. The van der Waals surface area contributed by atoms with Gasteiger partial charge in [0.15, 0.2) is 0 Å². The van der Waals surface area contributed by atoms with Crippen LogP contribution >= 0.6 is 0 Å². The first-order valence-electron chi connectivity index (χ1n) is 5.90. The van der Waals surface area contributed by atoms with Gasteiger partial charge in [0.05, 0.1) is 0 Å². The molecule has 1 heteroatoms. The molecule has 0 bridgehead atoms. The van der Waals surface area contributed by atoms with Crippen molar-refractivity contribution in [3.05, 3.63) is 34.9 Å². The third kappa shape index (κ3) is 3.35. The third-order valence-electron chi connectivity index (χ3n) is 3.24. The Morgan fingerprint density at radius 3 is 2.47 bits per heavy atom. The minimum Gasteiger partial charge on any atom is -0.320 e. The quantitative estimate of drug-likeness (QED) is 0.777. The van der Waals surface area contributed by atoms with Crippen molar-refractivity contribution >= 4 is 0 Å². The molecular weight excluding hydrogens is 182 g/mol. The zero-order chi connectivity index (χ0) is 11.3. The molecule has 1 unspecified atom stereocenters. The number of rotatable bonds is 5. The molecule has 0 aromatic heterocycles. The first-order valence-corrected chi connectivity index (χ1v) is 5.90. The molecule has 1 atom stereocenters. The molecule has 0 heterocycles. The molecule has 0 radical (unpaired) electrons. The van der Waals surface area contributed by atoms with Gasteiger partial charge < -0.3 is 5.32 Å². The summed E-state index contributed by atoms with van der Waals surface area (Å²) >= 11 is 0. The standard InChI is InChI=1S/C14H23N/c1-5-13(8-9-15-4)14-7-6-11(2)12(3)10-14/h6-7,10,13,15H,5,8-9H2,1-4H3. The molecule has 84 valence electrons. The zero-order valence-corrected chi connectivity index (χ0v) is 10.4. The molecule has 15 heavy (non-hydrogen) atoms. The number of hydrogen-bond acceptors (Lipinski definition) is 1. The van der Waals surface area contributed by atoms with Crippen LogP contribution in [0.5, 0.6) is 0 Å². The van der Waals surface area contributed by atoms with Crippen molar-refractivity contribution in [2.45, 2.75) is 39.5 Å². The number of aryl methyl sites for hydroxylation is 2. The van der Waals surface area contributed by atoms with Gasteiger partial charge in [-0.1, -0.05) is 25.1 Å². The highest BCUT2D eigenvalue weighted by atomic mass is 14.8. The highest BCUT2D eigenvalue weighted by Crippen LogP contribution is 2.24. The Hall–Kier alpha value is -0.820. The second kappa shape index (κ2) is 5.92. The summed E-state index contributed by atoms with van der Waals surface area (Å²) in [6.45, 7) is 7.75. The number of nitrogens with one attached hydrogen (secondary N) is 1. The molecule has 1 nitrogen and oxygen atoms in total. The fourth-order valence-corrected chi connectivity index (χ4v) is 1.94.